The summed E-state index contributed by atoms with van der Waals surface area (Å²) in [5.41, 5.74) is 1.26. The van der Waals surface area contributed by atoms with Gasteiger partial charge in [0.05, 0.1) is 10.5 Å². The number of piperidine rings is 1. The first-order chi connectivity index (χ1) is 11.2. The monoisotopic (exact) mass is 352 g/mol. The molecule has 0 saturated carbocycles. The highest BCUT2D eigenvalue weighted by Gasteiger charge is 2.29. The van der Waals surface area contributed by atoms with Crippen LogP contribution in [0.2, 0.25) is 5.02 Å². The number of carbonyl (C=O) groups is 1. The molecular formula is C16H21ClN4O3. The summed E-state index contributed by atoms with van der Waals surface area (Å²) in [5, 5.41) is 0.536. The average Bonchev–Trinajstić information content (AvgIpc) is 2.86. The normalized spacial score (nSPS) is 16.6. The van der Waals surface area contributed by atoms with Crippen LogP contribution in [-0.4, -0.2) is 44.6 Å². The lowest BCUT2D eigenvalue weighted by molar-refractivity contribution is 0.0205. The number of halogens is 1. The van der Waals surface area contributed by atoms with Crippen molar-refractivity contribution in [3.63, 3.8) is 0 Å². The molecule has 1 aliphatic heterocycles. The summed E-state index contributed by atoms with van der Waals surface area (Å²) in [6, 6.07) is 0. The average molecular weight is 353 g/mol. The van der Waals surface area contributed by atoms with Crippen molar-refractivity contribution in [2.45, 2.75) is 45.1 Å². The third-order valence-corrected chi connectivity index (χ3v) is 4.40. The number of hydrogen-bond donors (Lipinski definition) is 2. The third kappa shape index (κ3) is 3.40. The van der Waals surface area contributed by atoms with Crippen LogP contribution in [0, 0.1) is 0 Å². The van der Waals surface area contributed by atoms with E-state index in [-0.39, 0.29) is 17.7 Å². The Kier molecular flexibility index (Phi) is 4.29. The summed E-state index contributed by atoms with van der Waals surface area (Å²) in [7, 11) is 0. The molecule has 1 aliphatic rings. The second-order valence-electron chi connectivity index (χ2n) is 7.06. The SMILES string of the molecule is CC(C)(C)OC(=O)N1CCC(c2c(Cl)cnc3[nH]c(=O)[nH]c23)CC1. The first-order valence-electron chi connectivity index (χ1n) is 7.99. The molecule has 0 aromatic carbocycles. The van der Waals surface area contributed by atoms with Crippen LogP contribution in [0.3, 0.4) is 0 Å². The van der Waals surface area contributed by atoms with E-state index in [0.717, 1.165) is 18.4 Å². The molecule has 3 heterocycles. The van der Waals surface area contributed by atoms with Gasteiger partial charge in [0.25, 0.3) is 0 Å². The number of H-pyrrole nitrogens is 2. The summed E-state index contributed by atoms with van der Waals surface area (Å²) in [6.07, 6.45) is 2.78. The van der Waals surface area contributed by atoms with Gasteiger partial charge in [-0.15, -0.1) is 0 Å². The van der Waals surface area contributed by atoms with Crippen molar-refractivity contribution in [2.75, 3.05) is 13.1 Å². The van der Waals surface area contributed by atoms with E-state index in [9.17, 15) is 9.59 Å². The molecule has 0 aliphatic carbocycles. The van der Waals surface area contributed by atoms with Crippen LogP contribution >= 0.6 is 11.6 Å². The van der Waals surface area contributed by atoms with E-state index >= 15 is 0 Å². The Morgan fingerprint density at radius 2 is 2.00 bits per heavy atom. The number of nitrogens with one attached hydrogen (secondary N) is 2. The van der Waals surface area contributed by atoms with Gasteiger partial charge in [-0.05, 0) is 39.5 Å². The van der Waals surface area contributed by atoms with Gasteiger partial charge in [-0.3, -0.25) is 4.98 Å². The Bertz CT molecular complexity index is 813. The van der Waals surface area contributed by atoms with Gasteiger partial charge in [0, 0.05) is 24.8 Å². The maximum absolute atomic E-state index is 12.2. The molecule has 2 N–H and O–H groups in total. The van der Waals surface area contributed by atoms with Crippen LogP contribution < -0.4 is 5.69 Å². The molecule has 0 spiro atoms. The molecule has 7 nitrogen and oxygen atoms in total. The van der Waals surface area contributed by atoms with Crippen molar-refractivity contribution in [3.8, 4) is 0 Å². The second-order valence-corrected chi connectivity index (χ2v) is 7.47. The number of carbonyl (C=O) groups excluding carboxylic acids is 1. The minimum absolute atomic E-state index is 0.160. The Labute approximate surface area is 144 Å². The van der Waals surface area contributed by atoms with Crippen molar-refractivity contribution < 1.29 is 9.53 Å². The van der Waals surface area contributed by atoms with Gasteiger partial charge in [0.1, 0.15) is 5.60 Å². The molecule has 3 rings (SSSR count). The zero-order valence-corrected chi connectivity index (χ0v) is 14.7. The van der Waals surface area contributed by atoms with Crippen molar-refractivity contribution in [2.24, 2.45) is 0 Å². The molecule has 0 bridgehead atoms. The Morgan fingerprint density at radius 1 is 1.33 bits per heavy atom. The molecule has 0 atom stereocenters. The smallest absolute Gasteiger partial charge is 0.410 e. The first kappa shape index (κ1) is 16.8. The molecule has 130 valence electrons. The zero-order chi connectivity index (χ0) is 17.5. The second kappa shape index (κ2) is 6.12. The van der Waals surface area contributed by atoms with E-state index in [1.54, 1.807) is 11.1 Å². The third-order valence-electron chi connectivity index (χ3n) is 4.10. The lowest BCUT2D eigenvalue weighted by atomic mass is 9.89. The van der Waals surface area contributed by atoms with Crippen molar-refractivity contribution >= 4 is 28.9 Å². The fraction of sp³-hybridized carbons (Fsp3) is 0.562. The maximum Gasteiger partial charge on any atom is 0.410 e. The Hall–Kier alpha value is -2.02. The predicted octanol–water partition coefficient (Wildman–Crippen LogP) is 3.02. The Balaban J connectivity index is 1.77. The highest BCUT2D eigenvalue weighted by molar-refractivity contribution is 6.32. The number of imidazole rings is 1. The predicted molar refractivity (Wildman–Crippen MR) is 91.5 cm³/mol. The number of ether oxygens (including phenoxy) is 1. The lowest BCUT2D eigenvalue weighted by Crippen LogP contribution is -2.41. The van der Waals surface area contributed by atoms with Gasteiger partial charge < -0.3 is 14.6 Å². The number of aromatic nitrogens is 3. The zero-order valence-electron chi connectivity index (χ0n) is 14.0. The van der Waals surface area contributed by atoms with Crippen LogP contribution in [0.1, 0.15) is 45.1 Å². The number of hydrogen-bond acceptors (Lipinski definition) is 4. The van der Waals surface area contributed by atoms with Gasteiger partial charge >= 0.3 is 11.8 Å². The lowest BCUT2D eigenvalue weighted by Gasteiger charge is -2.33. The van der Waals surface area contributed by atoms with Crippen LogP contribution in [-0.2, 0) is 4.74 Å². The number of fused-ring (bicyclic) bond motifs is 1. The van der Waals surface area contributed by atoms with Gasteiger partial charge in [-0.2, -0.15) is 0 Å². The topological polar surface area (TPSA) is 91.1 Å². The van der Waals surface area contributed by atoms with Gasteiger partial charge in [-0.1, -0.05) is 11.6 Å². The number of nitrogens with zero attached hydrogens (tertiary/aromatic N) is 2. The molecule has 1 fully saturated rings. The van der Waals surface area contributed by atoms with Gasteiger partial charge in [0.2, 0.25) is 0 Å². The first-order valence-corrected chi connectivity index (χ1v) is 8.37. The largest absolute Gasteiger partial charge is 0.444 e. The fourth-order valence-electron chi connectivity index (χ4n) is 3.05. The highest BCUT2D eigenvalue weighted by atomic mass is 35.5. The number of amides is 1. The molecule has 0 radical (unpaired) electrons. The fourth-order valence-corrected chi connectivity index (χ4v) is 3.35. The summed E-state index contributed by atoms with van der Waals surface area (Å²) in [5.74, 6) is 0.160. The molecule has 1 saturated heterocycles. The van der Waals surface area contributed by atoms with Crippen molar-refractivity contribution in [3.05, 3.63) is 27.3 Å². The summed E-state index contributed by atoms with van der Waals surface area (Å²) in [6.45, 7) is 6.75. The molecule has 2 aromatic rings. The number of likely N-dealkylation sites (tertiary alicyclic amines) is 1. The highest BCUT2D eigenvalue weighted by Crippen LogP contribution is 2.36. The van der Waals surface area contributed by atoms with Crippen LogP contribution in [0.5, 0.6) is 0 Å². The van der Waals surface area contributed by atoms with E-state index in [1.165, 1.54) is 0 Å². The number of pyridine rings is 1. The molecular weight excluding hydrogens is 332 g/mol. The molecule has 24 heavy (non-hydrogen) atoms. The summed E-state index contributed by atoms with van der Waals surface area (Å²) in [4.78, 5) is 35.0. The number of aromatic amines is 2. The van der Waals surface area contributed by atoms with Crippen LogP contribution in [0.25, 0.3) is 11.2 Å². The molecule has 0 unspecified atom stereocenters. The summed E-state index contributed by atoms with van der Waals surface area (Å²) >= 11 is 6.33. The molecule has 8 heteroatoms. The van der Waals surface area contributed by atoms with E-state index in [4.69, 9.17) is 16.3 Å². The van der Waals surface area contributed by atoms with Gasteiger partial charge in [-0.25, -0.2) is 14.6 Å². The van der Waals surface area contributed by atoms with Crippen molar-refractivity contribution in [1.82, 2.24) is 19.9 Å². The molecule has 1 amide bonds. The standard InChI is InChI=1S/C16H21ClN4O3/c1-16(2,3)24-15(23)21-6-4-9(5-7-21)11-10(17)8-18-13-12(11)19-14(22)20-13/h8-9H,4-7H2,1-3H3,(H2,18,19,20,22). The van der Waals surface area contributed by atoms with E-state index in [0.29, 0.717) is 29.3 Å². The van der Waals surface area contributed by atoms with Gasteiger partial charge in [0.15, 0.2) is 5.65 Å². The number of rotatable bonds is 1. The van der Waals surface area contributed by atoms with E-state index < -0.39 is 5.60 Å². The van der Waals surface area contributed by atoms with Crippen molar-refractivity contribution in [1.29, 1.82) is 0 Å². The van der Waals surface area contributed by atoms with E-state index in [2.05, 4.69) is 15.0 Å². The Morgan fingerprint density at radius 3 is 2.62 bits per heavy atom. The maximum atomic E-state index is 12.2. The van der Waals surface area contributed by atoms with Crippen LogP contribution in [0.4, 0.5) is 4.79 Å². The van der Waals surface area contributed by atoms with E-state index in [1.807, 2.05) is 20.8 Å². The quantitative estimate of drug-likeness (QED) is 0.825. The molecule has 2 aromatic heterocycles. The minimum Gasteiger partial charge on any atom is -0.444 e. The van der Waals surface area contributed by atoms with Crippen LogP contribution in [0.15, 0.2) is 11.0 Å². The summed E-state index contributed by atoms with van der Waals surface area (Å²) < 4.78 is 5.41. The minimum atomic E-state index is -0.501.